The minimum atomic E-state index is -1.43. The predicted molar refractivity (Wildman–Crippen MR) is 107 cm³/mol. The molecule has 0 unspecified atom stereocenters. The lowest BCUT2D eigenvalue weighted by Gasteiger charge is -2.14. The molecule has 0 aromatic heterocycles. The Hall–Kier alpha value is -0.368. The van der Waals surface area contributed by atoms with Crippen LogP contribution in [-0.4, -0.2) is 14.1 Å². The van der Waals surface area contributed by atoms with E-state index in [9.17, 15) is 0 Å². The highest BCUT2D eigenvalue weighted by molar-refractivity contribution is 9.11. The Morgan fingerprint density at radius 2 is 0.636 bits per heavy atom. The van der Waals surface area contributed by atoms with Gasteiger partial charge in [-0.1, -0.05) is 97.5 Å². The number of benzene rings is 3. The molecule has 0 nitrogen and oxygen atoms in total. The monoisotopic (exact) mass is 492 g/mol. The molecule has 3 rings (SSSR count). The van der Waals surface area contributed by atoms with Crippen LogP contribution in [0.25, 0.3) is 0 Å². The molecule has 0 saturated carbocycles. The van der Waals surface area contributed by atoms with E-state index in [1.165, 1.54) is 13.3 Å². The zero-order valence-electron chi connectivity index (χ0n) is 11.6. The van der Waals surface area contributed by atoms with Crippen molar-refractivity contribution in [3.8, 4) is 0 Å². The molecule has 4 heteroatoms. The Kier molecular flexibility index (Phi) is 5.60. The van der Waals surface area contributed by atoms with Crippen molar-refractivity contribution in [2.45, 2.75) is 0 Å². The standard InChI is InChI=1S/3C6H4Br.Al/c3*7-6-4-2-1-3-5-6;/h3*2-5H;. The van der Waals surface area contributed by atoms with Gasteiger partial charge in [0.05, 0.1) is 0 Å². The van der Waals surface area contributed by atoms with E-state index >= 15 is 0 Å². The molecule has 22 heavy (non-hydrogen) atoms. The Morgan fingerprint density at radius 1 is 0.409 bits per heavy atom. The third-order valence-electron chi connectivity index (χ3n) is 3.61. The number of rotatable bonds is 3. The van der Waals surface area contributed by atoms with Crippen molar-refractivity contribution < 1.29 is 0 Å². The van der Waals surface area contributed by atoms with Gasteiger partial charge in [-0.25, -0.2) is 0 Å². The summed E-state index contributed by atoms with van der Waals surface area (Å²) in [6.45, 7) is 0. The molecule has 3 aromatic rings. The van der Waals surface area contributed by atoms with E-state index in [-0.39, 0.29) is 0 Å². The van der Waals surface area contributed by atoms with E-state index in [1.807, 2.05) is 0 Å². The molecule has 0 aliphatic rings. The van der Waals surface area contributed by atoms with Crippen molar-refractivity contribution in [3.05, 3.63) is 86.2 Å². The van der Waals surface area contributed by atoms with E-state index in [0.717, 1.165) is 13.4 Å². The third-order valence-corrected chi connectivity index (χ3v) is 8.35. The second-order valence-electron chi connectivity index (χ2n) is 5.09. The highest BCUT2D eigenvalue weighted by Gasteiger charge is 2.24. The summed E-state index contributed by atoms with van der Waals surface area (Å²) in [4.78, 5) is 0. The first-order chi connectivity index (χ1) is 10.6. The second-order valence-corrected chi connectivity index (χ2v) is 10.7. The average Bonchev–Trinajstić information content (AvgIpc) is 2.53. The molecular formula is C18H12AlBr3. The Labute approximate surface area is 160 Å². The SMILES string of the molecule is Brc1cc[c]([Al]([c]2ccc(Br)cc2)[c]2ccc(Br)cc2)cc1. The molecule has 0 N–H and O–H groups in total. The average molecular weight is 495 g/mol. The molecule has 0 heterocycles. The zero-order valence-corrected chi connectivity index (χ0v) is 17.6. The van der Waals surface area contributed by atoms with Crippen LogP contribution in [0.2, 0.25) is 0 Å². The third kappa shape index (κ3) is 3.93. The number of hydrogen-bond acceptors (Lipinski definition) is 0. The van der Waals surface area contributed by atoms with Gasteiger partial charge in [-0.3, -0.25) is 0 Å². The molecule has 0 atom stereocenters. The number of hydrogen-bond donors (Lipinski definition) is 0. The fraction of sp³-hybridized carbons (Fsp3) is 0. The predicted octanol–water partition coefficient (Wildman–Crippen LogP) is 4.49. The topological polar surface area (TPSA) is 0 Å². The van der Waals surface area contributed by atoms with Crippen LogP contribution in [0.15, 0.2) is 86.2 Å². The summed E-state index contributed by atoms with van der Waals surface area (Å²) in [5, 5.41) is 0. The van der Waals surface area contributed by atoms with Gasteiger partial charge < -0.3 is 0 Å². The van der Waals surface area contributed by atoms with Crippen molar-refractivity contribution in [3.63, 3.8) is 0 Å². The van der Waals surface area contributed by atoms with Gasteiger partial charge in [0.15, 0.2) is 0 Å². The Balaban J connectivity index is 2.10. The van der Waals surface area contributed by atoms with Gasteiger partial charge in [0.2, 0.25) is 0 Å². The van der Waals surface area contributed by atoms with E-state index in [0.29, 0.717) is 0 Å². The molecule has 3 aromatic carbocycles. The normalized spacial score (nSPS) is 10.5. The van der Waals surface area contributed by atoms with E-state index in [1.54, 1.807) is 0 Å². The van der Waals surface area contributed by atoms with Gasteiger partial charge in [-0.15, -0.1) is 0 Å². The fourth-order valence-electron chi connectivity index (χ4n) is 2.54. The van der Waals surface area contributed by atoms with Gasteiger partial charge in [-0.05, 0) is 36.4 Å². The summed E-state index contributed by atoms with van der Waals surface area (Å²) in [6.07, 6.45) is 0. The van der Waals surface area contributed by atoms with Crippen LogP contribution >= 0.6 is 47.8 Å². The molecule has 0 aliphatic carbocycles. The maximum Gasteiger partial charge on any atom is 0.383 e. The highest BCUT2D eigenvalue weighted by atomic mass is 79.9. The van der Waals surface area contributed by atoms with Crippen molar-refractivity contribution in [1.29, 1.82) is 0 Å². The maximum absolute atomic E-state index is 3.53. The van der Waals surface area contributed by atoms with Crippen molar-refractivity contribution in [2.75, 3.05) is 0 Å². The van der Waals surface area contributed by atoms with Crippen LogP contribution in [-0.2, 0) is 0 Å². The van der Waals surface area contributed by atoms with Gasteiger partial charge in [0.1, 0.15) is 0 Å². The van der Waals surface area contributed by atoms with Crippen molar-refractivity contribution >= 4 is 75.2 Å². The van der Waals surface area contributed by atoms with Gasteiger partial charge >= 0.3 is 14.1 Å². The van der Waals surface area contributed by atoms with E-state index in [2.05, 4.69) is 121 Å². The van der Waals surface area contributed by atoms with Gasteiger partial charge in [-0.2, -0.15) is 0 Å². The van der Waals surface area contributed by atoms with Crippen LogP contribution in [0, 0.1) is 0 Å². The minimum absolute atomic E-state index is 1.12. The lowest BCUT2D eigenvalue weighted by Crippen LogP contribution is -2.51. The van der Waals surface area contributed by atoms with Gasteiger partial charge in [0, 0.05) is 13.4 Å². The first kappa shape index (κ1) is 16.5. The summed E-state index contributed by atoms with van der Waals surface area (Å²) >= 11 is 9.15. The summed E-state index contributed by atoms with van der Waals surface area (Å²) in [6, 6.07) is 26.2. The van der Waals surface area contributed by atoms with Crippen LogP contribution in [0.5, 0.6) is 0 Å². The zero-order chi connectivity index (χ0) is 15.5. The summed E-state index contributed by atoms with van der Waals surface area (Å²) in [5.74, 6) is 0. The first-order valence-corrected chi connectivity index (χ1v) is 11.0. The smallest absolute Gasteiger partial charge is 0.0985 e. The molecule has 0 fully saturated rings. The van der Waals surface area contributed by atoms with E-state index < -0.39 is 14.1 Å². The molecule has 0 spiro atoms. The van der Waals surface area contributed by atoms with Gasteiger partial charge in [0.25, 0.3) is 0 Å². The molecule has 0 amide bonds. The molecule has 0 aliphatic heterocycles. The largest absolute Gasteiger partial charge is 0.383 e. The first-order valence-electron chi connectivity index (χ1n) is 6.90. The highest BCUT2D eigenvalue weighted by Crippen LogP contribution is 2.10. The quantitative estimate of drug-likeness (QED) is 0.471. The molecule has 0 bridgehead atoms. The van der Waals surface area contributed by atoms with E-state index in [4.69, 9.17) is 0 Å². The minimum Gasteiger partial charge on any atom is -0.0985 e. The van der Waals surface area contributed by atoms with Crippen LogP contribution < -0.4 is 13.3 Å². The summed E-state index contributed by atoms with van der Waals surface area (Å²) in [7, 11) is 0. The summed E-state index contributed by atoms with van der Waals surface area (Å²) < 4.78 is 7.63. The summed E-state index contributed by atoms with van der Waals surface area (Å²) in [5.41, 5.74) is 0. The van der Waals surface area contributed by atoms with Crippen LogP contribution in [0.3, 0.4) is 0 Å². The lowest BCUT2D eigenvalue weighted by molar-refractivity contribution is 1.65. The van der Waals surface area contributed by atoms with Crippen molar-refractivity contribution in [2.24, 2.45) is 0 Å². The Bertz CT molecular complexity index is 642. The fourth-order valence-corrected chi connectivity index (χ4v) is 6.22. The molecular weight excluding hydrogens is 483 g/mol. The maximum atomic E-state index is 3.53. The Morgan fingerprint density at radius 3 is 0.864 bits per heavy atom. The second kappa shape index (κ2) is 7.47. The van der Waals surface area contributed by atoms with Crippen LogP contribution in [0.1, 0.15) is 0 Å². The van der Waals surface area contributed by atoms with Crippen LogP contribution in [0.4, 0.5) is 0 Å². The molecule has 108 valence electrons. The molecule has 0 radical (unpaired) electrons. The van der Waals surface area contributed by atoms with Crippen molar-refractivity contribution in [1.82, 2.24) is 0 Å². The lowest BCUT2D eigenvalue weighted by atomic mass is 10.3. The molecule has 0 saturated heterocycles. The number of halogens is 3.